The smallest absolute Gasteiger partial charge is 0.194 e. The lowest BCUT2D eigenvalue weighted by molar-refractivity contribution is 0.297. The van der Waals surface area contributed by atoms with Crippen molar-refractivity contribution in [1.82, 2.24) is 4.98 Å². The molecule has 0 fully saturated rings. The van der Waals surface area contributed by atoms with Crippen molar-refractivity contribution in [2.75, 3.05) is 6.61 Å². The maximum Gasteiger partial charge on any atom is 0.194 e. The molecule has 1 heterocycles. The molecule has 0 unspecified atom stereocenters. The number of aliphatic hydroxyl groups excluding tert-OH is 1. The molecule has 0 aliphatic carbocycles. The predicted octanol–water partition coefficient (Wildman–Crippen LogP) is 1.86. The van der Waals surface area contributed by atoms with Crippen molar-refractivity contribution in [2.24, 2.45) is 0 Å². The van der Waals surface area contributed by atoms with E-state index in [0.29, 0.717) is 6.42 Å². The molecule has 13 heavy (non-hydrogen) atoms. The summed E-state index contributed by atoms with van der Waals surface area (Å²) in [6.45, 7) is 4.18. The summed E-state index contributed by atoms with van der Waals surface area (Å²) < 4.78 is 5.45. The van der Waals surface area contributed by atoms with Gasteiger partial charge in [-0.2, -0.15) is 0 Å². The quantitative estimate of drug-likeness (QED) is 0.757. The Bertz CT molecular complexity index is 255. The van der Waals surface area contributed by atoms with Crippen LogP contribution in [0.2, 0.25) is 0 Å². The van der Waals surface area contributed by atoms with Gasteiger partial charge in [0.2, 0.25) is 0 Å². The van der Waals surface area contributed by atoms with E-state index in [-0.39, 0.29) is 6.61 Å². The van der Waals surface area contributed by atoms with Gasteiger partial charge in [0.25, 0.3) is 0 Å². The molecule has 3 heteroatoms. The van der Waals surface area contributed by atoms with Gasteiger partial charge in [-0.1, -0.05) is 13.3 Å². The molecule has 1 N–H and O–H groups in total. The van der Waals surface area contributed by atoms with Crippen molar-refractivity contribution in [3.63, 3.8) is 0 Å². The molecular formula is C10H17NO2. The minimum absolute atomic E-state index is 0.139. The van der Waals surface area contributed by atoms with Gasteiger partial charge in [0.05, 0.1) is 5.69 Å². The van der Waals surface area contributed by atoms with Crippen LogP contribution in [0.3, 0.4) is 0 Å². The normalized spacial score (nSPS) is 10.7. The zero-order chi connectivity index (χ0) is 9.68. The van der Waals surface area contributed by atoms with Crippen molar-refractivity contribution in [1.29, 1.82) is 0 Å². The summed E-state index contributed by atoms with van der Waals surface area (Å²) in [4.78, 5) is 4.31. The summed E-state index contributed by atoms with van der Waals surface area (Å²) in [5, 5.41) is 8.75. The Balaban J connectivity index is 2.59. The van der Waals surface area contributed by atoms with Crippen molar-refractivity contribution in [2.45, 2.75) is 39.5 Å². The average molecular weight is 183 g/mol. The highest BCUT2D eigenvalue weighted by molar-refractivity contribution is 5.08. The SMILES string of the molecule is CCCCc1nc(CCO)c(C)o1. The second-order valence-corrected chi connectivity index (χ2v) is 3.19. The Morgan fingerprint density at radius 3 is 2.77 bits per heavy atom. The van der Waals surface area contributed by atoms with Crippen LogP contribution in [0.15, 0.2) is 4.42 Å². The summed E-state index contributed by atoms with van der Waals surface area (Å²) in [6.07, 6.45) is 3.76. The number of hydrogen-bond donors (Lipinski definition) is 1. The van der Waals surface area contributed by atoms with Crippen LogP contribution < -0.4 is 0 Å². The van der Waals surface area contributed by atoms with Crippen LogP contribution >= 0.6 is 0 Å². The summed E-state index contributed by atoms with van der Waals surface area (Å²) in [5.41, 5.74) is 0.897. The Morgan fingerprint density at radius 2 is 2.15 bits per heavy atom. The Hall–Kier alpha value is -0.830. The van der Waals surface area contributed by atoms with Crippen molar-refractivity contribution < 1.29 is 9.52 Å². The van der Waals surface area contributed by atoms with E-state index in [1.54, 1.807) is 0 Å². The number of aryl methyl sites for hydroxylation is 2. The topological polar surface area (TPSA) is 46.3 Å². The van der Waals surface area contributed by atoms with Crippen LogP contribution in [0.1, 0.15) is 37.1 Å². The molecule has 0 aliphatic heterocycles. The van der Waals surface area contributed by atoms with E-state index in [9.17, 15) is 0 Å². The van der Waals surface area contributed by atoms with Gasteiger partial charge in [0, 0.05) is 19.4 Å². The first-order chi connectivity index (χ1) is 6.27. The molecule has 0 saturated carbocycles. The van der Waals surface area contributed by atoms with Crippen molar-refractivity contribution >= 4 is 0 Å². The molecule has 3 nitrogen and oxygen atoms in total. The minimum atomic E-state index is 0.139. The summed E-state index contributed by atoms with van der Waals surface area (Å²) >= 11 is 0. The van der Waals surface area contributed by atoms with Crippen LogP contribution in [0, 0.1) is 6.92 Å². The summed E-state index contributed by atoms with van der Waals surface area (Å²) in [6, 6.07) is 0. The van der Waals surface area contributed by atoms with E-state index >= 15 is 0 Å². The third-order valence-corrected chi connectivity index (χ3v) is 2.03. The van der Waals surface area contributed by atoms with Gasteiger partial charge >= 0.3 is 0 Å². The van der Waals surface area contributed by atoms with Crippen LogP contribution in [0.25, 0.3) is 0 Å². The Kier molecular flexibility index (Phi) is 3.96. The number of aromatic nitrogens is 1. The van der Waals surface area contributed by atoms with Gasteiger partial charge in [-0.05, 0) is 13.3 Å². The molecule has 0 aromatic carbocycles. The van der Waals surface area contributed by atoms with Gasteiger partial charge in [0.15, 0.2) is 5.89 Å². The molecule has 0 saturated heterocycles. The summed E-state index contributed by atoms with van der Waals surface area (Å²) in [7, 11) is 0. The highest BCUT2D eigenvalue weighted by Gasteiger charge is 2.07. The largest absolute Gasteiger partial charge is 0.446 e. The van der Waals surface area contributed by atoms with Crippen molar-refractivity contribution in [3.8, 4) is 0 Å². The average Bonchev–Trinajstić information content (AvgIpc) is 2.45. The molecule has 1 aromatic rings. The van der Waals surface area contributed by atoms with E-state index in [1.165, 1.54) is 0 Å². The van der Waals surface area contributed by atoms with Gasteiger partial charge in [-0.15, -0.1) is 0 Å². The fraction of sp³-hybridized carbons (Fsp3) is 0.700. The number of hydrogen-bond acceptors (Lipinski definition) is 3. The third-order valence-electron chi connectivity index (χ3n) is 2.03. The molecule has 74 valence electrons. The van der Waals surface area contributed by atoms with Gasteiger partial charge < -0.3 is 9.52 Å². The predicted molar refractivity (Wildman–Crippen MR) is 50.6 cm³/mol. The number of nitrogens with zero attached hydrogens (tertiary/aromatic N) is 1. The second kappa shape index (κ2) is 5.02. The summed E-state index contributed by atoms with van der Waals surface area (Å²) in [5.74, 6) is 1.66. The van der Waals surface area contributed by atoms with E-state index in [1.807, 2.05) is 6.92 Å². The van der Waals surface area contributed by atoms with Gasteiger partial charge in [-0.25, -0.2) is 4.98 Å². The molecule has 1 rings (SSSR count). The Morgan fingerprint density at radius 1 is 1.38 bits per heavy atom. The molecule has 0 amide bonds. The van der Waals surface area contributed by atoms with Crippen LogP contribution in [0.5, 0.6) is 0 Å². The Labute approximate surface area is 78.8 Å². The lowest BCUT2D eigenvalue weighted by Gasteiger charge is -1.90. The second-order valence-electron chi connectivity index (χ2n) is 3.19. The lowest BCUT2D eigenvalue weighted by atomic mass is 10.2. The van der Waals surface area contributed by atoms with E-state index in [4.69, 9.17) is 9.52 Å². The van der Waals surface area contributed by atoms with Gasteiger partial charge in [-0.3, -0.25) is 0 Å². The third kappa shape index (κ3) is 2.84. The highest BCUT2D eigenvalue weighted by Crippen LogP contribution is 2.12. The maximum atomic E-state index is 8.75. The fourth-order valence-electron chi connectivity index (χ4n) is 1.26. The lowest BCUT2D eigenvalue weighted by Crippen LogP contribution is -1.93. The molecule has 0 bridgehead atoms. The monoisotopic (exact) mass is 183 g/mol. The van der Waals surface area contributed by atoms with Crippen molar-refractivity contribution in [3.05, 3.63) is 17.3 Å². The molecule has 0 aliphatic rings. The molecule has 0 radical (unpaired) electrons. The first kappa shape index (κ1) is 10.3. The van der Waals surface area contributed by atoms with Crippen LogP contribution in [-0.2, 0) is 12.8 Å². The minimum Gasteiger partial charge on any atom is -0.446 e. The van der Waals surface area contributed by atoms with E-state index in [0.717, 1.165) is 36.6 Å². The standard InChI is InChI=1S/C10H17NO2/c1-3-4-5-10-11-9(6-7-12)8(2)13-10/h12H,3-7H2,1-2H3. The first-order valence-electron chi connectivity index (χ1n) is 4.84. The zero-order valence-corrected chi connectivity index (χ0v) is 8.34. The van der Waals surface area contributed by atoms with Gasteiger partial charge in [0.1, 0.15) is 5.76 Å². The number of oxazole rings is 1. The zero-order valence-electron chi connectivity index (χ0n) is 8.34. The van der Waals surface area contributed by atoms with Crippen LogP contribution in [0.4, 0.5) is 0 Å². The highest BCUT2D eigenvalue weighted by atomic mass is 16.4. The number of rotatable bonds is 5. The van der Waals surface area contributed by atoms with Crippen LogP contribution in [-0.4, -0.2) is 16.7 Å². The molecule has 0 atom stereocenters. The first-order valence-corrected chi connectivity index (χ1v) is 4.84. The van der Waals surface area contributed by atoms with E-state index < -0.39 is 0 Å². The van der Waals surface area contributed by atoms with E-state index in [2.05, 4.69) is 11.9 Å². The maximum absolute atomic E-state index is 8.75. The molecule has 1 aromatic heterocycles. The number of unbranched alkanes of at least 4 members (excludes halogenated alkanes) is 1. The fourth-order valence-corrected chi connectivity index (χ4v) is 1.26. The number of aliphatic hydroxyl groups is 1. The molecule has 0 spiro atoms. The molecular weight excluding hydrogens is 166 g/mol.